The Morgan fingerprint density at radius 1 is 1.03 bits per heavy atom. The Labute approximate surface area is 170 Å². The number of nitrogens with zero attached hydrogens (tertiary/aromatic N) is 3. The molecule has 1 aliphatic rings. The van der Waals surface area contributed by atoms with Crippen molar-refractivity contribution in [2.24, 2.45) is 5.92 Å². The lowest BCUT2D eigenvalue weighted by atomic mass is 10.0. The molecule has 154 valence electrons. The normalized spacial score (nSPS) is 15.9. The Morgan fingerprint density at radius 3 is 2.24 bits per heavy atom. The number of rotatable bonds is 6. The number of hydrogen-bond acceptors (Lipinski definition) is 4. The smallest absolute Gasteiger partial charge is 0.251 e. The van der Waals surface area contributed by atoms with E-state index in [9.17, 15) is 14.0 Å². The Balaban J connectivity index is 1.57. The maximum absolute atomic E-state index is 13.1. The summed E-state index contributed by atoms with van der Waals surface area (Å²) < 4.78 is 13.1. The highest BCUT2D eigenvalue weighted by Gasteiger charge is 2.31. The molecule has 0 bridgehead atoms. The van der Waals surface area contributed by atoms with Gasteiger partial charge in [0.2, 0.25) is 5.91 Å². The van der Waals surface area contributed by atoms with E-state index in [1.165, 1.54) is 29.8 Å². The Hall–Kier alpha value is -2.80. The fraction of sp³-hybridized carbons (Fsp3) is 0.409. The van der Waals surface area contributed by atoms with Crippen LogP contribution in [0.2, 0.25) is 0 Å². The molecule has 1 N–H and O–H groups in total. The van der Waals surface area contributed by atoms with Crippen molar-refractivity contribution in [1.29, 1.82) is 0 Å². The Kier molecular flexibility index (Phi) is 6.93. The van der Waals surface area contributed by atoms with Gasteiger partial charge < -0.3 is 10.2 Å². The van der Waals surface area contributed by atoms with Gasteiger partial charge in [0.15, 0.2) is 0 Å². The number of piperazine rings is 1. The van der Waals surface area contributed by atoms with Crippen LogP contribution in [0.4, 0.5) is 4.39 Å². The number of nitrogens with one attached hydrogen (secondary N) is 1. The number of halogens is 1. The van der Waals surface area contributed by atoms with Crippen molar-refractivity contribution in [1.82, 2.24) is 20.1 Å². The molecular formula is C22H27FN4O2. The average molecular weight is 398 g/mol. The molecule has 29 heavy (non-hydrogen) atoms. The first-order valence-electron chi connectivity index (χ1n) is 9.90. The lowest BCUT2D eigenvalue weighted by Crippen LogP contribution is -2.56. The van der Waals surface area contributed by atoms with Gasteiger partial charge in [0.05, 0.1) is 0 Å². The van der Waals surface area contributed by atoms with Crippen LogP contribution in [0.1, 0.15) is 29.8 Å². The van der Waals surface area contributed by atoms with Crippen molar-refractivity contribution >= 4 is 11.8 Å². The highest BCUT2D eigenvalue weighted by atomic mass is 19.1. The summed E-state index contributed by atoms with van der Waals surface area (Å²) in [7, 11) is 0. The van der Waals surface area contributed by atoms with Crippen LogP contribution < -0.4 is 5.32 Å². The van der Waals surface area contributed by atoms with E-state index in [4.69, 9.17) is 0 Å². The van der Waals surface area contributed by atoms with Gasteiger partial charge in [-0.25, -0.2) is 4.39 Å². The molecule has 0 aliphatic carbocycles. The van der Waals surface area contributed by atoms with E-state index in [0.717, 1.165) is 19.6 Å². The summed E-state index contributed by atoms with van der Waals surface area (Å²) in [4.78, 5) is 33.7. The van der Waals surface area contributed by atoms with Crippen molar-refractivity contribution in [3.8, 4) is 0 Å². The van der Waals surface area contributed by atoms with Gasteiger partial charge >= 0.3 is 0 Å². The second-order valence-electron chi connectivity index (χ2n) is 7.66. The minimum absolute atomic E-state index is 0.0539. The second kappa shape index (κ2) is 9.60. The fourth-order valence-corrected chi connectivity index (χ4v) is 3.41. The number of carbonyl (C=O) groups excluding carboxylic acids is 2. The molecule has 6 nitrogen and oxygen atoms in total. The molecule has 0 radical (unpaired) electrons. The summed E-state index contributed by atoms with van der Waals surface area (Å²) in [5, 5.41) is 2.83. The number of aromatic nitrogens is 1. The van der Waals surface area contributed by atoms with E-state index in [2.05, 4.69) is 15.2 Å². The Bertz CT molecular complexity index is 818. The summed E-state index contributed by atoms with van der Waals surface area (Å²) in [6, 6.07) is 8.70. The molecule has 2 aromatic rings. The fourth-order valence-electron chi connectivity index (χ4n) is 3.41. The van der Waals surface area contributed by atoms with Crippen molar-refractivity contribution in [3.63, 3.8) is 0 Å². The number of carbonyl (C=O) groups is 2. The van der Waals surface area contributed by atoms with Crippen molar-refractivity contribution in [2.45, 2.75) is 26.4 Å². The molecule has 7 heteroatoms. The van der Waals surface area contributed by atoms with Crippen LogP contribution in [0.15, 0.2) is 48.8 Å². The molecule has 2 heterocycles. The van der Waals surface area contributed by atoms with Gasteiger partial charge in [-0.15, -0.1) is 0 Å². The summed E-state index contributed by atoms with van der Waals surface area (Å²) in [5.74, 6) is -0.892. The molecule has 0 spiro atoms. The van der Waals surface area contributed by atoms with E-state index in [1.807, 2.05) is 30.9 Å². The molecule has 1 atom stereocenters. The van der Waals surface area contributed by atoms with Crippen LogP contribution >= 0.6 is 0 Å². The number of pyridine rings is 1. The third kappa shape index (κ3) is 5.60. The summed E-state index contributed by atoms with van der Waals surface area (Å²) in [6.07, 6.45) is 3.57. The molecule has 1 fully saturated rings. The number of benzene rings is 1. The maximum atomic E-state index is 13.1. The van der Waals surface area contributed by atoms with E-state index in [1.54, 1.807) is 12.4 Å². The molecule has 1 aromatic carbocycles. The van der Waals surface area contributed by atoms with Crippen LogP contribution in [0.3, 0.4) is 0 Å². The first kappa shape index (κ1) is 20.9. The van der Waals surface area contributed by atoms with Gasteiger partial charge in [-0.3, -0.25) is 19.5 Å². The zero-order chi connectivity index (χ0) is 20.8. The summed E-state index contributed by atoms with van der Waals surface area (Å²) in [5.41, 5.74) is 1.54. The monoisotopic (exact) mass is 398 g/mol. The molecule has 0 unspecified atom stereocenters. The minimum atomic E-state index is -0.612. The van der Waals surface area contributed by atoms with Crippen LogP contribution in [0.25, 0.3) is 0 Å². The van der Waals surface area contributed by atoms with Gasteiger partial charge in [-0.2, -0.15) is 0 Å². The van der Waals surface area contributed by atoms with Crippen LogP contribution in [-0.2, 0) is 11.3 Å². The third-order valence-electron chi connectivity index (χ3n) is 5.17. The predicted octanol–water partition coefficient (Wildman–Crippen LogP) is 2.32. The van der Waals surface area contributed by atoms with E-state index in [0.29, 0.717) is 18.7 Å². The van der Waals surface area contributed by atoms with Crippen molar-refractivity contribution < 1.29 is 14.0 Å². The minimum Gasteiger partial charge on any atom is -0.340 e. The first-order valence-corrected chi connectivity index (χ1v) is 9.90. The Morgan fingerprint density at radius 2 is 1.66 bits per heavy atom. The van der Waals surface area contributed by atoms with Gasteiger partial charge in [-0.1, -0.05) is 13.8 Å². The topological polar surface area (TPSA) is 65.5 Å². The quantitative estimate of drug-likeness (QED) is 0.811. The predicted molar refractivity (Wildman–Crippen MR) is 109 cm³/mol. The summed E-state index contributed by atoms with van der Waals surface area (Å²) in [6.45, 7) is 7.47. The van der Waals surface area contributed by atoms with Gasteiger partial charge in [0.1, 0.15) is 11.9 Å². The summed E-state index contributed by atoms with van der Waals surface area (Å²) >= 11 is 0. The average Bonchev–Trinajstić information content (AvgIpc) is 2.73. The van der Waals surface area contributed by atoms with Gasteiger partial charge in [0, 0.05) is 50.7 Å². The number of amides is 2. The lowest BCUT2D eigenvalue weighted by molar-refractivity contribution is -0.136. The molecule has 1 aromatic heterocycles. The highest BCUT2D eigenvalue weighted by Crippen LogP contribution is 2.13. The maximum Gasteiger partial charge on any atom is 0.251 e. The highest BCUT2D eigenvalue weighted by molar-refractivity contribution is 5.97. The molecule has 1 saturated heterocycles. The van der Waals surface area contributed by atoms with Crippen LogP contribution in [0, 0.1) is 11.7 Å². The van der Waals surface area contributed by atoms with E-state index in [-0.39, 0.29) is 17.7 Å². The molecule has 0 saturated carbocycles. The third-order valence-corrected chi connectivity index (χ3v) is 5.17. The zero-order valence-electron chi connectivity index (χ0n) is 16.8. The van der Waals surface area contributed by atoms with E-state index < -0.39 is 11.9 Å². The van der Waals surface area contributed by atoms with Crippen molar-refractivity contribution in [3.05, 3.63) is 65.7 Å². The molecule has 2 amide bonds. The first-order chi connectivity index (χ1) is 13.9. The number of hydrogen-bond donors (Lipinski definition) is 1. The van der Waals surface area contributed by atoms with Crippen LogP contribution in [0.5, 0.6) is 0 Å². The molecular weight excluding hydrogens is 371 g/mol. The van der Waals surface area contributed by atoms with Crippen molar-refractivity contribution in [2.75, 3.05) is 26.2 Å². The lowest BCUT2D eigenvalue weighted by Gasteiger charge is -2.37. The standard InChI is InChI=1S/C22H27FN4O2/c1-16(2)20(25-21(28)18-3-5-19(23)6-4-18)22(29)27-13-11-26(12-14-27)15-17-7-9-24-10-8-17/h3-10,16,20H,11-15H2,1-2H3,(H,25,28)/t20-/m0/s1. The van der Waals surface area contributed by atoms with Gasteiger partial charge in [0.25, 0.3) is 5.91 Å². The van der Waals surface area contributed by atoms with Gasteiger partial charge in [-0.05, 0) is 47.9 Å². The van der Waals surface area contributed by atoms with E-state index >= 15 is 0 Å². The molecule has 1 aliphatic heterocycles. The SMILES string of the molecule is CC(C)[C@H](NC(=O)c1ccc(F)cc1)C(=O)N1CCN(Cc2ccncc2)CC1. The second-order valence-corrected chi connectivity index (χ2v) is 7.66. The zero-order valence-corrected chi connectivity index (χ0v) is 16.8. The molecule has 3 rings (SSSR count). The van der Waals surface area contributed by atoms with Crippen LogP contribution in [-0.4, -0.2) is 58.8 Å². The largest absolute Gasteiger partial charge is 0.340 e.